The lowest BCUT2D eigenvalue weighted by Gasteiger charge is -2.35. The van der Waals surface area contributed by atoms with Crippen LogP contribution in [0, 0.1) is 0 Å². The summed E-state index contributed by atoms with van der Waals surface area (Å²) in [6.45, 7) is 0. The molecule has 0 amide bonds. The summed E-state index contributed by atoms with van der Waals surface area (Å²) in [5.41, 5.74) is 15.2. The van der Waals surface area contributed by atoms with E-state index in [2.05, 4.69) is 182 Å². The third-order valence-electron chi connectivity index (χ3n) is 11.0. The van der Waals surface area contributed by atoms with Gasteiger partial charge >= 0.3 is 0 Å². The second-order valence-corrected chi connectivity index (χ2v) is 13.5. The van der Waals surface area contributed by atoms with Gasteiger partial charge in [0.25, 0.3) is 0 Å². The highest BCUT2D eigenvalue weighted by Gasteiger charge is 2.48. The molecule has 49 heavy (non-hydrogen) atoms. The number of allylic oxidation sites excluding steroid dienone is 1. The lowest BCUT2D eigenvalue weighted by atomic mass is 9.66. The fourth-order valence-electron chi connectivity index (χ4n) is 8.80. The molecule has 0 saturated heterocycles. The monoisotopic (exact) mass is 622 g/mol. The maximum Gasteiger partial charge on any atom is 0.0720 e. The molecule has 0 bridgehead atoms. The van der Waals surface area contributed by atoms with E-state index in [4.69, 9.17) is 0 Å². The number of benzene rings is 8. The number of rotatable bonds is 4. The molecule has 0 saturated carbocycles. The van der Waals surface area contributed by atoms with E-state index in [0.717, 1.165) is 12.8 Å². The predicted octanol–water partition coefficient (Wildman–Crippen LogP) is 12.6. The predicted molar refractivity (Wildman–Crippen MR) is 207 cm³/mol. The maximum absolute atomic E-state index is 2.48. The first-order valence-corrected chi connectivity index (χ1v) is 17.4. The zero-order chi connectivity index (χ0) is 32.4. The Labute approximate surface area is 287 Å². The van der Waals surface area contributed by atoms with Gasteiger partial charge in [0.1, 0.15) is 0 Å². The van der Waals surface area contributed by atoms with Crippen molar-refractivity contribution >= 4 is 27.6 Å². The van der Waals surface area contributed by atoms with E-state index in [1.165, 1.54) is 88.3 Å². The van der Waals surface area contributed by atoms with E-state index in [1.807, 2.05) is 0 Å². The van der Waals surface area contributed by atoms with E-state index in [0.29, 0.717) is 0 Å². The first kappa shape index (κ1) is 28.1. The van der Waals surface area contributed by atoms with Crippen LogP contribution in [0.4, 0.5) is 0 Å². The zero-order valence-electron chi connectivity index (χ0n) is 27.2. The van der Waals surface area contributed by atoms with Gasteiger partial charge in [0.05, 0.1) is 5.41 Å². The number of hydrogen-bond acceptors (Lipinski definition) is 0. The van der Waals surface area contributed by atoms with Crippen LogP contribution in [-0.4, -0.2) is 0 Å². The summed E-state index contributed by atoms with van der Waals surface area (Å²) in [6, 6.07) is 63.6. The molecule has 10 rings (SSSR count). The molecular weight excluding hydrogens is 589 g/mol. The first-order valence-electron chi connectivity index (χ1n) is 17.4. The Morgan fingerprint density at radius 2 is 0.959 bits per heavy atom. The Morgan fingerprint density at radius 1 is 0.429 bits per heavy atom. The maximum atomic E-state index is 2.48. The van der Waals surface area contributed by atoms with Crippen LogP contribution in [0.3, 0.4) is 0 Å². The molecule has 0 N–H and O–H groups in total. The molecule has 0 unspecified atom stereocenters. The molecule has 0 aromatic heterocycles. The summed E-state index contributed by atoms with van der Waals surface area (Å²) in [4.78, 5) is 0. The van der Waals surface area contributed by atoms with Crippen molar-refractivity contribution in [3.05, 3.63) is 209 Å². The molecule has 230 valence electrons. The van der Waals surface area contributed by atoms with Crippen LogP contribution >= 0.6 is 0 Å². The molecule has 2 aliphatic rings. The standard InChI is InChI=1S/C49H34/c1-3-15-39(16-4-1)49(40-17-5-2-6-18-40)46-32-38(35-25-23-34(24-26-35)37-28-27-33-13-7-8-14-36(33)31-37)29-30-45(46)47-43-21-11-9-19-41(43)42-20-10-12-22-44(42)48(47)49/h1-6,8-12,14-32H,7,13H2. The van der Waals surface area contributed by atoms with E-state index in [9.17, 15) is 0 Å². The van der Waals surface area contributed by atoms with Gasteiger partial charge in [-0.25, -0.2) is 0 Å². The summed E-state index contributed by atoms with van der Waals surface area (Å²) in [5, 5.41) is 5.22. The van der Waals surface area contributed by atoms with E-state index in [-0.39, 0.29) is 0 Å². The molecule has 0 fully saturated rings. The van der Waals surface area contributed by atoms with Gasteiger partial charge in [-0.05, 0) is 113 Å². The summed E-state index contributed by atoms with van der Waals surface area (Å²) < 4.78 is 0. The molecule has 8 aromatic carbocycles. The van der Waals surface area contributed by atoms with Crippen LogP contribution in [0.15, 0.2) is 176 Å². The number of aryl methyl sites for hydroxylation is 1. The van der Waals surface area contributed by atoms with Gasteiger partial charge in [-0.3, -0.25) is 0 Å². The van der Waals surface area contributed by atoms with Crippen molar-refractivity contribution in [3.8, 4) is 33.4 Å². The minimum atomic E-state index is -0.497. The van der Waals surface area contributed by atoms with Crippen LogP contribution in [0.25, 0.3) is 61.0 Å². The SMILES string of the molecule is C1=Cc2cc(-c3ccc(-c4ccc5c(c4)C(c4ccccc4)(c4ccccc4)c4c-5c5ccccc5c5ccccc45)cc3)ccc2CC1. The fraction of sp³-hybridized carbons (Fsp3) is 0.0612. The highest BCUT2D eigenvalue weighted by molar-refractivity contribution is 6.19. The second kappa shape index (κ2) is 11.0. The van der Waals surface area contributed by atoms with Crippen molar-refractivity contribution in [2.24, 2.45) is 0 Å². The minimum absolute atomic E-state index is 0.497. The highest BCUT2D eigenvalue weighted by Crippen LogP contribution is 2.60. The molecule has 0 heterocycles. The van der Waals surface area contributed by atoms with Gasteiger partial charge in [-0.15, -0.1) is 0 Å². The normalized spacial score (nSPS) is 14.0. The van der Waals surface area contributed by atoms with E-state index in [1.54, 1.807) is 0 Å². The zero-order valence-corrected chi connectivity index (χ0v) is 27.2. The highest BCUT2D eigenvalue weighted by atomic mass is 14.5. The lowest BCUT2D eigenvalue weighted by Crippen LogP contribution is -2.29. The fourth-order valence-corrected chi connectivity index (χ4v) is 8.80. The lowest BCUT2D eigenvalue weighted by molar-refractivity contribution is 0.776. The van der Waals surface area contributed by atoms with Crippen LogP contribution < -0.4 is 0 Å². The van der Waals surface area contributed by atoms with Gasteiger partial charge in [0, 0.05) is 0 Å². The van der Waals surface area contributed by atoms with Gasteiger partial charge < -0.3 is 0 Å². The smallest absolute Gasteiger partial charge is 0.0720 e. The summed E-state index contributed by atoms with van der Waals surface area (Å²) >= 11 is 0. The minimum Gasteiger partial charge on any atom is -0.0836 e. The van der Waals surface area contributed by atoms with Crippen molar-refractivity contribution in [2.75, 3.05) is 0 Å². The van der Waals surface area contributed by atoms with Crippen LogP contribution in [-0.2, 0) is 11.8 Å². The van der Waals surface area contributed by atoms with E-state index >= 15 is 0 Å². The molecule has 8 aromatic rings. The summed E-state index contributed by atoms with van der Waals surface area (Å²) in [5.74, 6) is 0. The Morgan fingerprint density at radius 3 is 1.63 bits per heavy atom. The third kappa shape index (κ3) is 4.17. The van der Waals surface area contributed by atoms with Crippen LogP contribution in [0.2, 0.25) is 0 Å². The van der Waals surface area contributed by atoms with Crippen LogP contribution in [0.1, 0.15) is 39.8 Å². The molecule has 2 aliphatic carbocycles. The molecule has 0 nitrogen and oxygen atoms in total. The van der Waals surface area contributed by atoms with Crippen molar-refractivity contribution in [3.63, 3.8) is 0 Å². The largest absolute Gasteiger partial charge is 0.0836 e. The quantitative estimate of drug-likeness (QED) is 0.171. The molecule has 0 atom stereocenters. The Bertz CT molecular complexity index is 2530. The summed E-state index contributed by atoms with van der Waals surface area (Å²) in [7, 11) is 0. The van der Waals surface area contributed by atoms with Crippen molar-refractivity contribution < 1.29 is 0 Å². The number of fused-ring (bicyclic) bond motifs is 9. The first-order chi connectivity index (χ1) is 24.3. The average Bonchev–Trinajstić information content (AvgIpc) is 3.50. The third-order valence-corrected chi connectivity index (χ3v) is 11.0. The molecule has 0 spiro atoms. The summed E-state index contributed by atoms with van der Waals surface area (Å²) in [6.07, 6.45) is 6.83. The second-order valence-electron chi connectivity index (χ2n) is 13.5. The Balaban J connectivity index is 1.23. The van der Waals surface area contributed by atoms with Gasteiger partial charge in [0.2, 0.25) is 0 Å². The molecular formula is C49H34. The van der Waals surface area contributed by atoms with Crippen molar-refractivity contribution in [2.45, 2.75) is 18.3 Å². The molecule has 0 heteroatoms. The number of hydrogen-bond donors (Lipinski definition) is 0. The Kier molecular flexibility index (Phi) is 6.33. The topological polar surface area (TPSA) is 0 Å². The van der Waals surface area contributed by atoms with Gasteiger partial charge in [-0.2, -0.15) is 0 Å². The van der Waals surface area contributed by atoms with Crippen LogP contribution in [0.5, 0.6) is 0 Å². The van der Waals surface area contributed by atoms with Crippen molar-refractivity contribution in [1.82, 2.24) is 0 Å². The van der Waals surface area contributed by atoms with Gasteiger partial charge in [0.15, 0.2) is 0 Å². The van der Waals surface area contributed by atoms with E-state index < -0.39 is 5.41 Å². The molecule has 0 radical (unpaired) electrons. The average molecular weight is 623 g/mol. The Hall–Kier alpha value is -5.98. The molecule has 0 aliphatic heterocycles. The van der Waals surface area contributed by atoms with Crippen molar-refractivity contribution in [1.29, 1.82) is 0 Å². The van der Waals surface area contributed by atoms with Gasteiger partial charge in [-0.1, -0.05) is 170 Å².